The summed E-state index contributed by atoms with van der Waals surface area (Å²) in [7, 11) is -2.76. The van der Waals surface area contributed by atoms with Crippen molar-refractivity contribution < 1.29 is 27.8 Å². The standard InChI is InChI=1S/C24H19FN5O6PS/c25-13-6-8-14(9-7-13)38-24-27-17-20(30(24)22-18(31)19-16(35-22)11-34-37(33)36-19)28-23-26-15(10-29(23)21(17)32)12-4-2-1-3-5-12/h1-10,16,18-19,22,31,37H,11H2,(H,26,28)/t16?,18-,19+,22+/m0/s1. The summed E-state index contributed by atoms with van der Waals surface area (Å²) in [6.45, 7) is -0.0134. The van der Waals surface area contributed by atoms with Gasteiger partial charge in [-0.15, -0.1) is 0 Å². The molecular formula is C24H19FN5O6PS. The first-order valence-electron chi connectivity index (χ1n) is 11.7. The molecule has 0 amide bonds. The van der Waals surface area contributed by atoms with Gasteiger partial charge in [-0.3, -0.25) is 13.9 Å². The second kappa shape index (κ2) is 9.16. The summed E-state index contributed by atoms with van der Waals surface area (Å²) in [6.07, 6.45) is -2.22. The second-order valence-electron chi connectivity index (χ2n) is 8.84. The number of ether oxygens (including phenoxy) is 1. The summed E-state index contributed by atoms with van der Waals surface area (Å²) in [5.41, 5.74) is 1.38. The van der Waals surface area contributed by atoms with Crippen LogP contribution in [0.25, 0.3) is 28.2 Å². The van der Waals surface area contributed by atoms with E-state index in [1.807, 2.05) is 30.3 Å². The molecule has 14 heteroatoms. The van der Waals surface area contributed by atoms with Gasteiger partial charge in [0.15, 0.2) is 22.5 Å². The zero-order chi connectivity index (χ0) is 26.0. The van der Waals surface area contributed by atoms with E-state index in [0.29, 0.717) is 15.7 Å². The van der Waals surface area contributed by atoms with E-state index in [2.05, 4.69) is 15.0 Å². The Morgan fingerprint density at radius 2 is 1.92 bits per heavy atom. The molecule has 2 saturated heterocycles. The highest BCUT2D eigenvalue weighted by molar-refractivity contribution is 7.99. The Hall–Kier alpha value is -3.32. The molecule has 5 aromatic rings. The molecule has 0 radical (unpaired) electrons. The average molecular weight is 555 g/mol. The van der Waals surface area contributed by atoms with Crippen LogP contribution in [-0.2, 0) is 18.3 Å². The number of rotatable bonds is 4. The van der Waals surface area contributed by atoms with Crippen molar-refractivity contribution in [1.82, 2.24) is 23.9 Å². The number of benzene rings is 2. The molecule has 0 spiro atoms. The zero-order valence-electron chi connectivity index (χ0n) is 19.4. The smallest absolute Gasteiger partial charge is 0.319 e. The molecule has 2 aliphatic rings. The van der Waals surface area contributed by atoms with Gasteiger partial charge >= 0.3 is 8.25 Å². The molecule has 5 heterocycles. The highest BCUT2D eigenvalue weighted by atomic mass is 32.2. The number of hydrogen-bond donors (Lipinski definition) is 2. The highest BCUT2D eigenvalue weighted by Gasteiger charge is 2.50. The third-order valence-corrected chi connectivity index (χ3v) is 8.33. The first-order valence-corrected chi connectivity index (χ1v) is 13.7. The number of nitrogens with zero attached hydrogens (tertiary/aromatic N) is 4. The molecule has 3 aromatic heterocycles. The predicted octanol–water partition coefficient (Wildman–Crippen LogP) is 3.39. The molecule has 0 saturated carbocycles. The van der Waals surface area contributed by atoms with Gasteiger partial charge in [0.25, 0.3) is 5.56 Å². The number of H-pyrrole nitrogens is 1. The number of fused-ring (bicyclic) bond motifs is 3. The SMILES string of the molecule is O=c1c2nc(Sc3ccc(F)cc3)n([C@@H]3OC4CO[PH](=O)O[C@H]4[C@@H]3O)c2nc2[nH]c(-c3ccccc3)cn12. The minimum atomic E-state index is -2.76. The molecule has 7 rings (SSSR count). The summed E-state index contributed by atoms with van der Waals surface area (Å²) in [6, 6.07) is 15.3. The van der Waals surface area contributed by atoms with E-state index in [0.717, 1.165) is 17.3 Å². The van der Waals surface area contributed by atoms with Crippen molar-refractivity contribution >= 4 is 37.0 Å². The third-order valence-electron chi connectivity index (χ3n) is 6.49. The number of nitrogens with one attached hydrogen (secondary N) is 1. The van der Waals surface area contributed by atoms with Crippen molar-refractivity contribution in [2.75, 3.05) is 6.61 Å². The van der Waals surface area contributed by atoms with Gasteiger partial charge in [0.2, 0.25) is 5.78 Å². The molecule has 194 valence electrons. The monoisotopic (exact) mass is 555 g/mol. The van der Waals surface area contributed by atoms with Gasteiger partial charge in [0.05, 0.1) is 12.3 Å². The first-order chi connectivity index (χ1) is 18.5. The number of imidazole rings is 2. The number of aromatic nitrogens is 5. The van der Waals surface area contributed by atoms with Crippen LogP contribution in [0.5, 0.6) is 0 Å². The van der Waals surface area contributed by atoms with Crippen LogP contribution in [0.3, 0.4) is 0 Å². The minimum absolute atomic E-state index is 0.0134. The van der Waals surface area contributed by atoms with Crippen LogP contribution in [0.2, 0.25) is 0 Å². The molecule has 0 bridgehead atoms. The lowest BCUT2D eigenvalue weighted by atomic mass is 10.1. The largest absolute Gasteiger partial charge is 0.386 e. The van der Waals surface area contributed by atoms with Crippen molar-refractivity contribution in [3.05, 3.63) is 77.0 Å². The van der Waals surface area contributed by atoms with E-state index in [1.165, 1.54) is 21.1 Å². The Kier molecular flexibility index (Phi) is 5.73. The molecule has 2 N–H and O–H groups in total. The van der Waals surface area contributed by atoms with E-state index < -0.39 is 44.2 Å². The lowest BCUT2D eigenvalue weighted by Gasteiger charge is -2.24. The maximum atomic E-state index is 13.6. The fourth-order valence-corrected chi connectivity index (χ4v) is 6.48. The number of aliphatic hydroxyl groups is 1. The van der Waals surface area contributed by atoms with E-state index in [1.54, 1.807) is 18.3 Å². The van der Waals surface area contributed by atoms with Crippen LogP contribution < -0.4 is 5.56 Å². The Morgan fingerprint density at radius 3 is 2.71 bits per heavy atom. The van der Waals surface area contributed by atoms with Gasteiger partial charge in [0.1, 0.15) is 24.1 Å². The Balaban J connectivity index is 1.40. The molecule has 0 aliphatic carbocycles. The van der Waals surface area contributed by atoms with Crippen LogP contribution in [0, 0.1) is 5.82 Å². The first kappa shape index (κ1) is 23.8. The summed E-state index contributed by atoms with van der Waals surface area (Å²) in [5, 5.41) is 11.4. The molecule has 2 fully saturated rings. The molecule has 2 unspecified atom stereocenters. The Bertz CT molecular complexity index is 1760. The van der Waals surface area contributed by atoms with Gasteiger partial charge in [0, 0.05) is 11.1 Å². The van der Waals surface area contributed by atoms with E-state index in [9.17, 15) is 18.9 Å². The fraction of sp³-hybridized carbons (Fsp3) is 0.208. The Morgan fingerprint density at radius 1 is 1.13 bits per heavy atom. The third kappa shape index (κ3) is 3.90. The summed E-state index contributed by atoms with van der Waals surface area (Å²) < 4.78 is 44.8. The summed E-state index contributed by atoms with van der Waals surface area (Å²) >= 11 is 1.16. The lowest BCUT2D eigenvalue weighted by molar-refractivity contribution is -0.0583. The maximum absolute atomic E-state index is 13.6. The minimum Gasteiger partial charge on any atom is -0.386 e. The molecule has 5 atom stereocenters. The van der Waals surface area contributed by atoms with Gasteiger partial charge < -0.3 is 23.9 Å². The van der Waals surface area contributed by atoms with E-state index >= 15 is 0 Å². The number of hydrogen-bond acceptors (Lipinski definition) is 9. The quantitative estimate of drug-likeness (QED) is 0.320. The van der Waals surface area contributed by atoms with E-state index in [-0.39, 0.29) is 23.5 Å². The molecular weight excluding hydrogens is 536 g/mol. The topological polar surface area (TPSA) is 133 Å². The number of halogens is 1. The van der Waals surface area contributed by atoms with Gasteiger partial charge in [-0.25, -0.2) is 13.8 Å². The molecule has 2 aliphatic heterocycles. The molecule has 2 aromatic carbocycles. The van der Waals surface area contributed by atoms with Crippen LogP contribution in [0.1, 0.15) is 6.23 Å². The molecule has 38 heavy (non-hydrogen) atoms. The maximum Gasteiger partial charge on any atom is 0.319 e. The van der Waals surface area contributed by atoms with Crippen molar-refractivity contribution in [2.24, 2.45) is 0 Å². The Labute approximate surface area is 218 Å². The van der Waals surface area contributed by atoms with Gasteiger partial charge in [-0.05, 0) is 29.8 Å². The normalized spacial score (nSPS) is 25.3. The average Bonchev–Trinajstić information content (AvgIpc) is 3.60. The lowest BCUT2D eigenvalue weighted by Crippen LogP contribution is -2.37. The van der Waals surface area contributed by atoms with Crippen LogP contribution in [0.15, 0.2) is 75.6 Å². The molecule has 11 nitrogen and oxygen atoms in total. The van der Waals surface area contributed by atoms with E-state index in [4.69, 9.17) is 13.8 Å². The van der Waals surface area contributed by atoms with Crippen molar-refractivity contribution in [1.29, 1.82) is 0 Å². The van der Waals surface area contributed by atoms with Crippen molar-refractivity contribution in [2.45, 2.75) is 34.6 Å². The predicted molar refractivity (Wildman–Crippen MR) is 135 cm³/mol. The fourth-order valence-electron chi connectivity index (χ4n) is 4.69. The van der Waals surface area contributed by atoms with Crippen LogP contribution in [-0.4, -0.2) is 53.9 Å². The second-order valence-corrected chi connectivity index (χ2v) is 10.9. The summed E-state index contributed by atoms with van der Waals surface area (Å²) in [5.74, 6) is -0.118. The summed E-state index contributed by atoms with van der Waals surface area (Å²) in [4.78, 5) is 26.7. The van der Waals surface area contributed by atoms with Gasteiger partial charge in [-0.2, -0.15) is 4.98 Å². The van der Waals surface area contributed by atoms with Crippen LogP contribution >= 0.6 is 20.0 Å². The number of aliphatic hydroxyl groups excluding tert-OH is 1. The van der Waals surface area contributed by atoms with Gasteiger partial charge in [-0.1, -0.05) is 42.1 Å². The zero-order valence-corrected chi connectivity index (χ0v) is 21.2. The van der Waals surface area contributed by atoms with Crippen LogP contribution in [0.4, 0.5) is 4.39 Å². The van der Waals surface area contributed by atoms with Crippen molar-refractivity contribution in [3.8, 4) is 11.3 Å². The number of aromatic amines is 1. The highest BCUT2D eigenvalue weighted by Crippen LogP contribution is 2.44. The van der Waals surface area contributed by atoms with Crippen molar-refractivity contribution in [3.63, 3.8) is 0 Å².